The van der Waals surface area contributed by atoms with Gasteiger partial charge in [0.15, 0.2) is 0 Å². The van der Waals surface area contributed by atoms with Crippen molar-refractivity contribution < 1.29 is 9.13 Å². The Morgan fingerprint density at radius 2 is 1.90 bits per heavy atom. The number of rotatable bonds is 4. The fourth-order valence-corrected chi connectivity index (χ4v) is 2.05. The first-order valence-electron chi connectivity index (χ1n) is 6.57. The van der Waals surface area contributed by atoms with Crippen LogP contribution in [0.2, 0.25) is 0 Å². The molecule has 106 valence electrons. The van der Waals surface area contributed by atoms with Crippen molar-refractivity contribution in [3.63, 3.8) is 0 Å². The van der Waals surface area contributed by atoms with Crippen LogP contribution in [0.25, 0.3) is 0 Å². The summed E-state index contributed by atoms with van der Waals surface area (Å²) in [6, 6.07) is 6.85. The molecule has 0 bridgehead atoms. The SMILES string of the molecule is CNCc1c(C)cc(C)nc1Oc1ccc(C)c(F)c1. The highest BCUT2D eigenvalue weighted by Crippen LogP contribution is 2.27. The number of halogens is 1. The van der Waals surface area contributed by atoms with Gasteiger partial charge >= 0.3 is 0 Å². The molecule has 0 aliphatic heterocycles. The van der Waals surface area contributed by atoms with Crippen LogP contribution in [0.3, 0.4) is 0 Å². The lowest BCUT2D eigenvalue weighted by Gasteiger charge is -2.13. The van der Waals surface area contributed by atoms with Crippen LogP contribution in [0.5, 0.6) is 11.6 Å². The molecule has 0 saturated carbocycles. The number of nitrogens with zero attached hydrogens (tertiary/aromatic N) is 1. The van der Waals surface area contributed by atoms with Crippen LogP contribution < -0.4 is 10.1 Å². The van der Waals surface area contributed by atoms with Crippen molar-refractivity contribution in [2.45, 2.75) is 27.3 Å². The van der Waals surface area contributed by atoms with E-state index in [0.717, 1.165) is 16.8 Å². The minimum absolute atomic E-state index is 0.276. The highest BCUT2D eigenvalue weighted by Gasteiger charge is 2.11. The summed E-state index contributed by atoms with van der Waals surface area (Å²) in [5, 5.41) is 3.10. The summed E-state index contributed by atoms with van der Waals surface area (Å²) >= 11 is 0. The molecule has 0 saturated heterocycles. The molecule has 0 aliphatic rings. The average molecular weight is 274 g/mol. The third-order valence-corrected chi connectivity index (χ3v) is 3.15. The number of ether oxygens (including phenoxy) is 1. The van der Waals surface area contributed by atoms with E-state index in [0.29, 0.717) is 23.7 Å². The zero-order chi connectivity index (χ0) is 14.7. The molecule has 3 nitrogen and oxygen atoms in total. The minimum atomic E-state index is -0.276. The summed E-state index contributed by atoms with van der Waals surface area (Å²) in [6.45, 7) is 6.31. The maximum absolute atomic E-state index is 13.6. The van der Waals surface area contributed by atoms with Crippen molar-refractivity contribution in [2.24, 2.45) is 0 Å². The molecule has 0 aliphatic carbocycles. The first-order chi connectivity index (χ1) is 9.51. The van der Waals surface area contributed by atoms with Crippen LogP contribution in [-0.2, 0) is 6.54 Å². The fourth-order valence-electron chi connectivity index (χ4n) is 2.05. The summed E-state index contributed by atoms with van der Waals surface area (Å²) in [5.74, 6) is 0.713. The highest BCUT2D eigenvalue weighted by molar-refractivity contribution is 5.39. The molecular formula is C16H19FN2O. The molecule has 0 radical (unpaired) electrons. The first-order valence-corrected chi connectivity index (χ1v) is 6.57. The van der Waals surface area contributed by atoms with Gasteiger partial charge in [-0.25, -0.2) is 9.37 Å². The number of benzene rings is 1. The van der Waals surface area contributed by atoms with E-state index < -0.39 is 0 Å². The lowest BCUT2D eigenvalue weighted by atomic mass is 10.1. The third kappa shape index (κ3) is 3.14. The van der Waals surface area contributed by atoms with Crippen molar-refractivity contribution in [1.29, 1.82) is 0 Å². The Morgan fingerprint density at radius 1 is 1.15 bits per heavy atom. The fraction of sp³-hybridized carbons (Fsp3) is 0.312. The van der Waals surface area contributed by atoms with Crippen molar-refractivity contribution in [3.8, 4) is 11.6 Å². The molecule has 1 heterocycles. The molecule has 0 spiro atoms. The molecule has 1 aromatic carbocycles. The van der Waals surface area contributed by atoms with Crippen LogP contribution in [0, 0.1) is 26.6 Å². The standard InChI is InChI=1S/C16H19FN2O/c1-10-5-6-13(8-15(10)17)20-16-14(9-18-4)11(2)7-12(3)19-16/h5-8,18H,9H2,1-4H3. The van der Waals surface area contributed by atoms with E-state index in [-0.39, 0.29) is 5.82 Å². The van der Waals surface area contributed by atoms with Gasteiger partial charge in [0.2, 0.25) is 5.88 Å². The van der Waals surface area contributed by atoms with Crippen molar-refractivity contribution in [3.05, 3.63) is 52.5 Å². The van der Waals surface area contributed by atoms with Gasteiger partial charge in [-0.05, 0) is 51.1 Å². The minimum Gasteiger partial charge on any atom is -0.439 e. The van der Waals surface area contributed by atoms with Gasteiger partial charge in [-0.3, -0.25) is 0 Å². The summed E-state index contributed by atoms with van der Waals surface area (Å²) in [4.78, 5) is 4.42. The Balaban J connectivity index is 2.38. The maximum atomic E-state index is 13.6. The number of hydrogen-bond donors (Lipinski definition) is 1. The van der Waals surface area contributed by atoms with Crippen LogP contribution in [-0.4, -0.2) is 12.0 Å². The molecule has 2 aromatic rings. The zero-order valence-corrected chi connectivity index (χ0v) is 12.2. The molecule has 1 N–H and O–H groups in total. The van der Waals surface area contributed by atoms with Gasteiger partial charge in [-0.2, -0.15) is 0 Å². The van der Waals surface area contributed by atoms with E-state index in [1.54, 1.807) is 19.1 Å². The van der Waals surface area contributed by atoms with Gasteiger partial charge in [-0.15, -0.1) is 0 Å². The lowest BCUT2D eigenvalue weighted by Crippen LogP contribution is -2.09. The number of hydrogen-bond acceptors (Lipinski definition) is 3. The molecule has 0 fully saturated rings. The predicted molar refractivity (Wildman–Crippen MR) is 77.7 cm³/mol. The summed E-state index contributed by atoms with van der Waals surface area (Å²) in [5.41, 5.74) is 3.57. The van der Waals surface area contributed by atoms with Gasteiger partial charge in [0.25, 0.3) is 0 Å². The zero-order valence-electron chi connectivity index (χ0n) is 12.2. The Labute approximate surface area is 118 Å². The van der Waals surface area contributed by atoms with E-state index in [9.17, 15) is 4.39 Å². The molecule has 0 atom stereocenters. The van der Waals surface area contributed by atoms with Crippen molar-refractivity contribution in [2.75, 3.05) is 7.05 Å². The van der Waals surface area contributed by atoms with Crippen LogP contribution in [0.1, 0.15) is 22.4 Å². The molecule has 1 aromatic heterocycles. The van der Waals surface area contributed by atoms with E-state index in [2.05, 4.69) is 10.3 Å². The lowest BCUT2D eigenvalue weighted by molar-refractivity contribution is 0.447. The Hall–Kier alpha value is -1.94. The van der Waals surface area contributed by atoms with Gasteiger partial charge in [0.05, 0.1) is 0 Å². The van der Waals surface area contributed by atoms with Crippen molar-refractivity contribution in [1.82, 2.24) is 10.3 Å². The van der Waals surface area contributed by atoms with E-state index in [1.807, 2.05) is 27.0 Å². The normalized spacial score (nSPS) is 10.7. The van der Waals surface area contributed by atoms with Gasteiger partial charge in [-0.1, -0.05) is 6.07 Å². The molecule has 20 heavy (non-hydrogen) atoms. The van der Waals surface area contributed by atoms with Gasteiger partial charge in [0.1, 0.15) is 11.6 Å². The maximum Gasteiger partial charge on any atom is 0.224 e. The second kappa shape index (κ2) is 6.01. The number of aromatic nitrogens is 1. The monoisotopic (exact) mass is 274 g/mol. The Bertz CT molecular complexity index is 626. The van der Waals surface area contributed by atoms with E-state index >= 15 is 0 Å². The Morgan fingerprint density at radius 3 is 2.55 bits per heavy atom. The molecule has 4 heteroatoms. The van der Waals surface area contributed by atoms with Gasteiger partial charge in [0, 0.05) is 23.9 Å². The smallest absolute Gasteiger partial charge is 0.224 e. The van der Waals surface area contributed by atoms with Crippen molar-refractivity contribution >= 4 is 0 Å². The van der Waals surface area contributed by atoms with Gasteiger partial charge < -0.3 is 10.1 Å². The second-order valence-corrected chi connectivity index (χ2v) is 4.91. The van der Waals surface area contributed by atoms with E-state index in [4.69, 9.17) is 4.74 Å². The largest absolute Gasteiger partial charge is 0.439 e. The molecule has 0 unspecified atom stereocenters. The predicted octanol–water partition coefficient (Wildman–Crippen LogP) is 3.66. The summed E-state index contributed by atoms with van der Waals surface area (Å²) in [7, 11) is 1.87. The van der Waals surface area contributed by atoms with Crippen LogP contribution >= 0.6 is 0 Å². The molecule has 0 amide bonds. The van der Waals surface area contributed by atoms with Crippen LogP contribution in [0.4, 0.5) is 4.39 Å². The molecular weight excluding hydrogens is 255 g/mol. The topological polar surface area (TPSA) is 34.2 Å². The number of pyridine rings is 1. The second-order valence-electron chi connectivity index (χ2n) is 4.91. The highest BCUT2D eigenvalue weighted by atomic mass is 19.1. The Kier molecular flexibility index (Phi) is 4.35. The molecule has 2 rings (SSSR count). The van der Waals surface area contributed by atoms with Crippen LogP contribution in [0.15, 0.2) is 24.3 Å². The first kappa shape index (κ1) is 14.5. The third-order valence-electron chi connectivity index (χ3n) is 3.15. The number of aryl methyl sites for hydroxylation is 3. The summed E-state index contributed by atoms with van der Waals surface area (Å²) < 4.78 is 19.3. The number of nitrogens with one attached hydrogen (secondary N) is 1. The average Bonchev–Trinajstić information content (AvgIpc) is 2.38. The summed E-state index contributed by atoms with van der Waals surface area (Å²) in [6.07, 6.45) is 0. The quantitative estimate of drug-likeness (QED) is 0.924. The van der Waals surface area contributed by atoms with E-state index in [1.165, 1.54) is 6.07 Å².